The number of sulfonamides is 1. The highest BCUT2D eigenvalue weighted by molar-refractivity contribution is 7.91. The molecule has 0 fully saturated rings. The summed E-state index contributed by atoms with van der Waals surface area (Å²) in [5, 5.41) is 10.3. The largest absolute Gasteiger partial charge is 0.296 e. The van der Waals surface area contributed by atoms with Crippen LogP contribution in [0.5, 0.6) is 0 Å². The summed E-state index contributed by atoms with van der Waals surface area (Å²) in [6.45, 7) is 7.75. The Kier molecular flexibility index (Phi) is 6.64. The molecule has 2 aromatic carbocycles. The molecular weight excluding hydrogens is 420 g/mol. The van der Waals surface area contributed by atoms with Crippen molar-refractivity contribution in [3.8, 4) is 0 Å². The second-order valence-electron chi connectivity index (χ2n) is 7.07. The van der Waals surface area contributed by atoms with Gasteiger partial charge in [-0.1, -0.05) is 54.7 Å². The number of rotatable bonds is 7. The van der Waals surface area contributed by atoms with Crippen LogP contribution < -0.4 is 10.0 Å². The SMILES string of the molecule is CCC(NS(=O)(=O)c1nnc(NC(=O)c2ccccc2C)s1)c1ccc(C)c(C)c1. The van der Waals surface area contributed by atoms with Gasteiger partial charge in [0, 0.05) is 11.6 Å². The number of nitrogens with one attached hydrogen (secondary N) is 2. The van der Waals surface area contributed by atoms with E-state index in [9.17, 15) is 13.2 Å². The zero-order chi connectivity index (χ0) is 21.9. The van der Waals surface area contributed by atoms with E-state index < -0.39 is 10.0 Å². The lowest BCUT2D eigenvalue weighted by Crippen LogP contribution is -2.28. The van der Waals surface area contributed by atoms with Crippen molar-refractivity contribution in [1.82, 2.24) is 14.9 Å². The van der Waals surface area contributed by atoms with E-state index in [2.05, 4.69) is 20.2 Å². The predicted molar refractivity (Wildman–Crippen MR) is 118 cm³/mol. The predicted octanol–water partition coefficient (Wildman–Crippen LogP) is 4.15. The minimum Gasteiger partial charge on any atom is -0.296 e. The lowest BCUT2D eigenvalue weighted by atomic mass is 10.0. The first kappa shape index (κ1) is 22.1. The van der Waals surface area contributed by atoms with Crippen LogP contribution in [0.15, 0.2) is 46.8 Å². The maximum absolute atomic E-state index is 12.8. The van der Waals surface area contributed by atoms with Gasteiger partial charge < -0.3 is 0 Å². The third-order valence-corrected chi connectivity index (χ3v) is 7.56. The highest BCUT2D eigenvalue weighted by atomic mass is 32.2. The van der Waals surface area contributed by atoms with Gasteiger partial charge in [0.1, 0.15) is 0 Å². The number of hydrogen-bond acceptors (Lipinski definition) is 6. The van der Waals surface area contributed by atoms with Crippen molar-refractivity contribution >= 4 is 32.4 Å². The topological polar surface area (TPSA) is 101 Å². The minimum absolute atomic E-state index is 0.128. The quantitative estimate of drug-likeness (QED) is 0.533. The molecule has 1 aromatic heterocycles. The molecule has 3 aromatic rings. The van der Waals surface area contributed by atoms with Crippen molar-refractivity contribution in [2.24, 2.45) is 0 Å². The Morgan fingerprint density at radius 2 is 1.77 bits per heavy atom. The van der Waals surface area contributed by atoms with E-state index >= 15 is 0 Å². The molecule has 0 bridgehead atoms. The summed E-state index contributed by atoms with van der Waals surface area (Å²) in [5.41, 5.74) is 4.45. The van der Waals surface area contributed by atoms with Crippen molar-refractivity contribution < 1.29 is 13.2 Å². The molecule has 3 rings (SSSR count). The number of benzene rings is 2. The van der Waals surface area contributed by atoms with E-state index in [4.69, 9.17) is 0 Å². The molecule has 0 spiro atoms. The van der Waals surface area contributed by atoms with E-state index in [1.54, 1.807) is 12.1 Å². The van der Waals surface area contributed by atoms with Crippen LogP contribution >= 0.6 is 11.3 Å². The summed E-state index contributed by atoms with van der Waals surface area (Å²) >= 11 is 0.817. The Hall–Kier alpha value is -2.62. The van der Waals surface area contributed by atoms with Crippen molar-refractivity contribution in [1.29, 1.82) is 0 Å². The maximum atomic E-state index is 12.8. The normalized spacial score (nSPS) is 12.5. The zero-order valence-electron chi connectivity index (χ0n) is 17.3. The van der Waals surface area contributed by atoms with Crippen LogP contribution in [0.4, 0.5) is 5.13 Å². The van der Waals surface area contributed by atoms with Gasteiger partial charge in [0.15, 0.2) is 0 Å². The lowest BCUT2D eigenvalue weighted by Gasteiger charge is -2.17. The molecule has 7 nitrogen and oxygen atoms in total. The van der Waals surface area contributed by atoms with Crippen LogP contribution in [0, 0.1) is 20.8 Å². The van der Waals surface area contributed by atoms with Gasteiger partial charge in [-0.3, -0.25) is 10.1 Å². The molecule has 2 N–H and O–H groups in total. The van der Waals surface area contributed by atoms with E-state index in [1.807, 2.05) is 58.0 Å². The molecule has 158 valence electrons. The number of carbonyl (C=O) groups is 1. The number of aromatic nitrogens is 2. The van der Waals surface area contributed by atoms with Crippen molar-refractivity contribution in [3.05, 3.63) is 70.3 Å². The number of anilines is 1. The number of amides is 1. The van der Waals surface area contributed by atoms with Crippen LogP contribution in [0.1, 0.15) is 52.0 Å². The van der Waals surface area contributed by atoms with Gasteiger partial charge in [0.2, 0.25) is 9.47 Å². The summed E-state index contributed by atoms with van der Waals surface area (Å²) in [5.74, 6) is -0.359. The Morgan fingerprint density at radius 1 is 1.03 bits per heavy atom. The summed E-state index contributed by atoms with van der Waals surface area (Å²) in [7, 11) is -3.89. The summed E-state index contributed by atoms with van der Waals surface area (Å²) < 4.78 is 28.2. The van der Waals surface area contributed by atoms with Gasteiger partial charge in [-0.2, -0.15) is 0 Å². The Bertz CT molecular complexity index is 1170. The molecule has 0 saturated heterocycles. The lowest BCUT2D eigenvalue weighted by molar-refractivity contribution is 0.102. The van der Waals surface area contributed by atoms with Gasteiger partial charge in [0.05, 0.1) is 0 Å². The average Bonchev–Trinajstić information content (AvgIpc) is 3.18. The Labute approximate surface area is 180 Å². The molecule has 9 heteroatoms. The zero-order valence-corrected chi connectivity index (χ0v) is 18.9. The number of nitrogens with zero attached hydrogens (tertiary/aromatic N) is 2. The molecule has 1 atom stereocenters. The molecular formula is C21H24N4O3S2. The average molecular weight is 445 g/mol. The molecule has 0 aliphatic heterocycles. The standard InChI is InChI=1S/C21H24N4O3S2/c1-5-18(16-11-10-13(2)15(4)12-16)25-30(27,28)21-24-23-20(29-21)22-19(26)17-9-7-6-8-14(17)3/h6-12,18,25H,5H2,1-4H3,(H,22,23,26). The highest BCUT2D eigenvalue weighted by Crippen LogP contribution is 2.25. The summed E-state index contributed by atoms with van der Waals surface area (Å²) in [6, 6.07) is 12.6. The van der Waals surface area contributed by atoms with Gasteiger partial charge >= 0.3 is 0 Å². The van der Waals surface area contributed by atoms with Crippen LogP contribution in [0.3, 0.4) is 0 Å². The van der Waals surface area contributed by atoms with Gasteiger partial charge in [-0.15, -0.1) is 10.2 Å². The first-order chi connectivity index (χ1) is 14.2. The fourth-order valence-corrected chi connectivity index (χ4v) is 5.19. The number of hydrogen-bond donors (Lipinski definition) is 2. The van der Waals surface area contributed by atoms with Crippen LogP contribution in [0.2, 0.25) is 0 Å². The molecule has 0 saturated carbocycles. The smallest absolute Gasteiger partial charge is 0.270 e. The summed E-state index contributed by atoms with van der Waals surface area (Å²) in [4.78, 5) is 12.4. The van der Waals surface area contributed by atoms with Crippen LogP contribution in [0.25, 0.3) is 0 Å². The number of aryl methyl sites for hydroxylation is 3. The first-order valence-corrected chi connectivity index (χ1v) is 11.8. The van der Waals surface area contributed by atoms with Gasteiger partial charge in [-0.05, 0) is 55.5 Å². The minimum atomic E-state index is -3.89. The van der Waals surface area contributed by atoms with Gasteiger partial charge in [0.25, 0.3) is 15.9 Å². The molecule has 30 heavy (non-hydrogen) atoms. The maximum Gasteiger partial charge on any atom is 0.270 e. The molecule has 1 unspecified atom stereocenters. The summed E-state index contributed by atoms with van der Waals surface area (Å²) in [6.07, 6.45) is 0.581. The van der Waals surface area contributed by atoms with E-state index in [0.29, 0.717) is 12.0 Å². The molecule has 0 aliphatic rings. The van der Waals surface area contributed by atoms with Gasteiger partial charge in [-0.25, -0.2) is 13.1 Å². The molecule has 1 amide bonds. The second kappa shape index (κ2) is 9.03. The molecule has 1 heterocycles. The van der Waals surface area contributed by atoms with E-state index in [1.165, 1.54) is 0 Å². The monoisotopic (exact) mass is 444 g/mol. The highest BCUT2D eigenvalue weighted by Gasteiger charge is 2.25. The second-order valence-corrected chi connectivity index (χ2v) is 9.93. The number of carbonyl (C=O) groups excluding carboxylic acids is 1. The molecule has 0 aliphatic carbocycles. The molecule has 0 radical (unpaired) electrons. The fraction of sp³-hybridized carbons (Fsp3) is 0.286. The fourth-order valence-electron chi connectivity index (χ4n) is 2.97. The van der Waals surface area contributed by atoms with Crippen LogP contribution in [-0.2, 0) is 10.0 Å². The Balaban J connectivity index is 1.76. The third kappa shape index (κ3) is 4.92. The third-order valence-electron chi connectivity index (χ3n) is 4.89. The first-order valence-electron chi connectivity index (χ1n) is 9.51. The van der Waals surface area contributed by atoms with Crippen molar-refractivity contribution in [3.63, 3.8) is 0 Å². The Morgan fingerprint density at radius 3 is 2.43 bits per heavy atom. The van der Waals surface area contributed by atoms with E-state index in [0.717, 1.165) is 33.6 Å². The van der Waals surface area contributed by atoms with Crippen LogP contribution in [-0.4, -0.2) is 24.5 Å². The van der Waals surface area contributed by atoms with Crippen molar-refractivity contribution in [2.45, 2.75) is 44.5 Å². The van der Waals surface area contributed by atoms with E-state index in [-0.39, 0.29) is 21.4 Å². The van der Waals surface area contributed by atoms with Crippen molar-refractivity contribution in [2.75, 3.05) is 5.32 Å².